The van der Waals surface area contributed by atoms with Crippen molar-refractivity contribution < 1.29 is 14.4 Å². The van der Waals surface area contributed by atoms with E-state index in [1.165, 1.54) is 0 Å². The molecule has 10 heteroatoms. The van der Waals surface area contributed by atoms with E-state index in [1.54, 1.807) is 22.7 Å². The van der Waals surface area contributed by atoms with Crippen molar-refractivity contribution in [3.63, 3.8) is 0 Å². The average molecular weight is 784 g/mol. The lowest BCUT2D eigenvalue weighted by atomic mass is 10.0. The number of nitrogens with zero attached hydrogens (tertiary/aromatic N) is 4. The number of benzene rings is 4. The van der Waals surface area contributed by atoms with Gasteiger partial charge in [-0.1, -0.05) is 130 Å². The largest absolute Gasteiger partial charge is 0.341 e. The number of hydrogen-bond acceptors (Lipinski definition) is 7. The van der Waals surface area contributed by atoms with Gasteiger partial charge in [0.2, 0.25) is 17.7 Å². The molecule has 2 aromatic heterocycles. The monoisotopic (exact) mass is 783 g/mol. The molecule has 6 rings (SSSR count). The molecule has 0 fully saturated rings. The smallest absolute Gasteiger partial charge is 0.250 e. The van der Waals surface area contributed by atoms with Gasteiger partial charge in [0.05, 0.1) is 29.3 Å². The summed E-state index contributed by atoms with van der Waals surface area (Å²) in [6.07, 6.45) is 6.94. The van der Waals surface area contributed by atoms with Gasteiger partial charge in [-0.05, 0) is 52.6 Å². The third kappa shape index (κ3) is 10.6. The first-order valence-corrected chi connectivity index (χ1v) is 21.0. The molecule has 0 unspecified atom stereocenters. The van der Waals surface area contributed by atoms with Crippen molar-refractivity contribution in [3.05, 3.63) is 143 Å². The van der Waals surface area contributed by atoms with Gasteiger partial charge in [-0.15, -0.1) is 22.7 Å². The fraction of sp³-hybridized carbons (Fsp3) is 0.283. The van der Waals surface area contributed by atoms with Crippen LogP contribution in [0.15, 0.2) is 122 Å². The quantitative estimate of drug-likeness (QED) is 0.0937. The van der Waals surface area contributed by atoms with Crippen molar-refractivity contribution in [2.45, 2.75) is 72.0 Å². The number of aromatic nitrogens is 2. The molecule has 3 amide bonds. The van der Waals surface area contributed by atoms with Gasteiger partial charge in [-0.3, -0.25) is 14.4 Å². The summed E-state index contributed by atoms with van der Waals surface area (Å²) in [4.78, 5) is 54.9. The van der Waals surface area contributed by atoms with Crippen LogP contribution < -0.4 is 5.32 Å². The van der Waals surface area contributed by atoms with Crippen molar-refractivity contribution >= 4 is 40.4 Å². The first-order valence-electron chi connectivity index (χ1n) is 19.4. The summed E-state index contributed by atoms with van der Waals surface area (Å²) < 4.78 is 0. The number of carbonyl (C=O) groups is 3. The Hall–Kier alpha value is -5.45. The lowest BCUT2D eigenvalue weighted by Gasteiger charge is -2.27. The zero-order valence-corrected chi connectivity index (χ0v) is 34.0. The summed E-state index contributed by atoms with van der Waals surface area (Å²) in [7, 11) is 0. The van der Waals surface area contributed by atoms with Crippen LogP contribution in [-0.4, -0.2) is 50.6 Å². The molecule has 0 aliphatic carbocycles. The highest BCUT2D eigenvalue weighted by Crippen LogP contribution is 2.32. The van der Waals surface area contributed by atoms with E-state index in [2.05, 4.69) is 65.8 Å². The molecule has 288 valence electrons. The first-order chi connectivity index (χ1) is 27.3. The van der Waals surface area contributed by atoms with Crippen molar-refractivity contribution in [3.8, 4) is 32.0 Å². The Balaban J connectivity index is 1.09. The van der Waals surface area contributed by atoms with Crippen LogP contribution in [-0.2, 0) is 33.9 Å². The van der Waals surface area contributed by atoms with Gasteiger partial charge in [0, 0.05) is 31.9 Å². The van der Waals surface area contributed by atoms with E-state index in [9.17, 15) is 14.4 Å². The first kappa shape index (κ1) is 40.2. The van der Waals surface area contributed by atoms with Gasteiger partial charge in [0.1, 0.15) is 16.1 Å². The van der Waals surface area contributed by atoms with Gasteiger partial charge >= 0.3 is 0 Å². The number of hydrogen-bond donors (Lipinski definition) is 1. The van der Waals surface area contributed by atoms with E-state index in [-0.39, 0.29) is 17.7 Å². The molecule has 0 saturated heterocycles. The second-order valence-corrected chi connectivity index (χ2v) is 16.0. The maximum absolute atomic E-state index is 13.9. The molecule has 0 saturated carbocycles. The molecule has 0 spiro atoms. The molecule has 1 N–H and O–H groups in total. The molecule has 6 aromatic rings. The van der Waals surface area contributed by atoms with E-state index in [4.69, 9.17) is 4.98 Å². The third-order valence-corrected chi connectivity index (χ3v) is 11.5. The second kappa shape index (κ2) is 19.9. The zero-order valence-electron chi connectivity index (χ0n) is 32.3. The fourth-order valence-electron chi connectivity index (χ4n) is 6.57. The molecule has 8 nitrogen and oxygen atoms in total. The SMILES string of the molecule is CCCC(=O)N[C@H](C(=O)N(CCC)Cc1ncc(-c2ccc(-c3ccc(-c4cnc(CN(CCC)C(=O)Cc5ccccc5)s4)cc3)cc2)s1)c1ccccc1. The van der Waals surface area contributed by atoms with E-state index >= 15 is 0 Å². The van der Waals surface area contributed by atoms with Crippen LogP contribution in [0, 0.1) is 0 Å². The number of rotatable bonds is 18. The minimum Gasteiger partial charge on any atom is -0.341 e. The Labute approximate surface area is 338 Å². The van der Waals surface area contributed by atoms with Crippen LogP contribution in [0.1, 0.15) is 73.6 Å². The summed E-state index contributed by atoms with van der Waals surface area (Å²) >= 11 is 3.21. The van der Waals surface area contributed by atoms with E-state index in [0.717, 1.165) is 66.0 Å². The van der Waals surface area contributed by atoms with Crippen LogP contribution in [0.3, 0.4) is 0 Å². The van der Waals surface area contributed by atoms with Gasteiger partial charge < -0.3 is 15.1 Å². The predicted molar refractivity (Wildman–Crippen MR) is 228 cm³/mol. The molecule has 2 heterocycles. The molecule has 0 aliphatic heterocycles. The maximum Gasteiger partial charge on any atom is 0.250 e. The van der Waals surface area contributed by atoms with Crippen molar-refractivity contribution in [1.29, 1.82) is 0 Å². The van der Waals surface area contributed by atoms with Crippen LogP contribution in [0.2, 0.25) is 0 Å². The van der Waals surface area contributed by atoms with Gasteiger partial charge in [-0.2, -0.15) is 0 Å². The highest BCUT2D eigenvalue weighted by molar-refractivity contribution is 7.15. The molecule has 56 heavy (non-hydrogen) atoms. The van der Waals surface area contributed by atoms with Crippen LogP contribution in [0.25, 0.3) is 32.0 Å². The minimum atomic E-state index is -0.744. The molecule has 0 aliphatic rings. The summed E-state index contributed by atoms with van der Waals surface area (Å²) in [5.41, 5.74) is 6.18. The van der Waals surface area contributed by atoms with Crippen LogP contribution in [0.5, 0.6) is 0 Å². The summed E-state index contributed by atoms with van der Waals surface area (Å²) in [5.74, 6) is -0.139. The van der Waals surface area contributed by atoms with Crippen LogP contribution >= 0.6 is 22.7 Å². The number of nitrogens with one attached hydrogen (secondary N) is 1. The predicted octanol–water partition coefficient (Wildman–Crippen LogP) is 9.98. The fourth-order valence-corrected chi connectivity index (χ4v) is 8.45. The summed E-state index contributed by atoms with van der Waals surface area (Å²) in [6, 6.07) is 35.6. The normalized spacial score (nSPS) is 11.6. The highest BCUT2D eigenvalue weighted by atomic mass is 32.1. The number of carbonyl (C=O) groups excluding carboxylic acids is 3. The third-order valence-electron chi connectivity index (χ3n) is 9.44. The van der Waals surface area contributed by atoms with E-state index < -0.39 is 6.04 Å². The molecule has 0 radical (unpaired) electrons. The van der Waals surface area contributed by atoms with Gasteiger partial charge in [-0.25, -0.2) is 9.97 Å². The van der Waals surface area contributed by atoms with E-state index in [1.807, 2.05) is 96.7 Å². The Bertz CT molecular complexity index is 2170. The highest BCUT2D eigenvalue weighted by Gasteiger charge is 2.28. The summed E-state index contributed by atoms with van der Waals surface area (Å²) in [6.45, 7) is 8.24. The maximum atomic E-state index is 13.9. The van der Waals surface area contributed by atoms with E-state index in [0.29, 0.717) is 45.4 Å². The zero-order chi connectivity index (χ0) is 39.3. The molecular formula is C46H49N5O3S2. The lowest BCUT2D eigenvalue weighted by molar-refractivity contribution is -0.137. The Kier molecular flexibility index (Phi) is 14.3. The second-order valence-electron chi connectivity index (χ2n) is 13.8. The van der Waals surface area contributed by atoms with Crippen molar-refractivity contribution in [2.24, 2.45) is 0 Å². The lowest BCUT2D eigenvalue weighted by Crippen LogP contribution is -2.43. The standard InChI is InChI=1S/C46H49N5O3S2/c1-4-13-41(52)49-45(38-16-11-8-12-17-38)46(54)51(27-6-3)32-43-48-30-40(56-43)37-24-20-35(21-25-37)34-18-22-36(23-19-34)39-29-47-42(55-39)31-50(26-5-2)44(53)28-33-14-9-7-10-15-33/h7-12,14-25,29-30,45H,4-6,13,26-28,31-32H2,1-3H3,(H,49,52)/t45-/m0/s1. The number of amides is 3. The Morgan fingerprint density at radius 1 is 0.607 bits per heavy atom. The van der Waals surface area contributed by atoms with Gasteiger partial charge in [0.25, 0.3) is 0 Å². The topological polar surface area (TPSA) is 95.5 Å². The molecule has 1 atom stereocenters. The minimum absolute atomic E-state index is 0.120. The summed E-state index contributed by atoms with van der Waals surface area (Å²) in [5, 5.41) is 4.75. The average Bonchev–Trinajstić information content (AvgIpc) is 3.90. The number of thiazole rings is 2. The Morgan fingerprint density at radius 2 is 1.09 bits per heavy atom. The molecule has 4 aromatic carbocycles. The van der Waals surface area contributed by atoms with Crippen molar-refractivity contribution in [1.82, 2.24) is 25.1 Å². The molecular weight excluding hydrogens is 735 g/mol. The Morgan fingerprint density at radius 3 is 1.61 bits per heavy atom. The van der Waals surface area contributed by atoms with Gasteiger partial charge in [0.15, 0.2) is 0 Å². The van der Waals surface area contributed by atoms with Crippen molar-refractivity contribution in [2.75, 3.05) is 13.1 Å². The van der Waals surface area contributed by atoms with Crippen LogP contribution in [0.4, 0.5) is 0 Å². The molecule has 0 bridgehead atoms.